The molecule has 0 saturated heterocycles. The van der Waals surface area contributed by atoms with Gasteiger partial charge in [0.1, 0.15) is 18.6 Å². The molecule has 628 valence electrons. The van der Waals surface area contributed by atoms with Gasteiger partial charge in [0, 0.05) is 39.1 Å². The number of phosphoric ester groups is 2. The quantitative estimate of drug-likeness (QED) is 0.00922. The summed E-state index contributed by atoms with van der Waals surface area (Å²) in [4.78, 5) is 101. The van der Waals surface area contributed by atoms with E-state index in [2.05, 4.69) is 87.1 Å². The lowest BCUT2D eigenvalue weighted by Crippen LogP contribution is -2.43. The van der Waals surface area contributed by atoms with Gasteiger partial charge in [-0.2, -0.15) is 0 Å². The van der Waals surface area contributed by atoms with Crippen molar-refractivity contribution in [3.8, 4) is 0 Å². The summed E-state index contributed by atoms with van der Waals surface area (Å²) in [6.07, 6.45) is 47.7. The number of rotatable bonds is 80. The van der Waals surface area contributed by atoms with E-state index in [1.807, 2.05) is 0 Å². The highest BCUT2D eigenvalue weighted by molar-refractivity contribution is 7.47. The van der Waals surface area contributed by atoms with Gasteiger partial charge in [0.15, 0.2) is 0 Å². The molecule has 0 rings (SSSR count). The Bertz CT molecular complexity index is 2320. The molecule has 4 unspecified atom stereocenters. The molecule has 0 aliphatic rings. The minimum atomic E-state index is -4.82. The second-order valence-corrected chi connectivity index (χ2v) is 31.8. The van der Waals surface area contributed by atoms with Gasteiger partial charge in [-0.1, -0.05) is 246 Å². The Morgan fingerprint density at radius 3 is 0.981 bits per heavy atom. The Labute approximate surface area is 647 Å². The van der Waals surface area contributed by atoms with Crippen molar-refractivity contribution in [3.63, 3.8) is 0 Å². The lowest BCUT2D eigenvalue weighted by molar-refractivity contribution is -0.152. The van der Waals surface area contributed by atoms with Crippen LogP contribution in [0, 0.1) is 0 Å². The summed E-state index contributed by atoms with van der Waals surface area (Å²) in [5, 5.41) is 31.7. The van der Waals surface area contributed by atoms with Gasteiger partial charge in [-0.3, -0.25) is 46.9 Å². The number of esters is 2. The third kappa shape index (κ3) is 71.2. The summed E-state index contributed by atoms with van der Waals surface area (Å²) in [6.45, 7) is 10.2. The van der Waals surface area contributed by atoms with Crippen LogP contribution in [-0.4, -0.2) is 158 Å². The first kappa shape index (κ1) is 103. The summed E-state index contributed by atoms with van der Waals surface area (Å²) in [5.41, 5.74) is 0. The molecule has 0 aromatic carbocycles. The second-order valence-electron chi connectivity index (χ2n) is 28.9. The summed E-state index contributed by atoms with van der Waals surface area (Å²) >= 11 is 0. The molecule has 0 aromatic rings. The molecule has 8 atom stereocenters. The average Bonchev–Trinajstić information content (AvgIpc) is 0.919. The SMILES string of the molecule is CCCCCC/C=C/CCCC(=O)O[C@H](CCCCCCC)CC(=O)NC(COCC[C@H](O)CCCCCCC)COP(=O)(O)OCCNC(=O)CC(=O)NCCOP(=O)(O)OCC(COCC[C@H](O)CCCCCCC)NC(=O)C[C@@H](CCCCCCCCCCC)OC(=O)CCC/C=C/CCCCCC. The van der Waals surface area contributed by atoms with E-state index in [-0.39, 0.29) is 77.1 Å². The van der Waals surface area contributed by atoms with Gasteiger partial charge in [0.2, 0.25) is 23.6 Å². The van der Waals surface area contributed by atoms with E-state index in [1.54, 1.807) is 0 Å². The Hall–Kier alpha value is -3.64. The second kappa shape index (κ2) is 73.8. The van der Waals surface area contributed by atoms with Crippen molar-refractivity contribution in [1.82, 2.24) is 21.3 Å². The van der Waals surface area contributed by atoms with E-state index in [9.17, 15) is 57.9 Å². The predicted octanol–water partition coefficient (Wildman–Crippen LogP) is 17.4. The normalized spacial score (nSPS) is 14.6. The number of carbonyl (C=O) groups is 6. The smallest absolute Gasteiger partial charge is 0.462 e. The molecule has 8 N–H and O–H groups in total. The number of carbonyl (C=O) groups excluding carboxylic acids is 6. The lowest BCUT2D eigenvalue weighted by Gasteiger charge is -2.23. The van der Waals surface area contributed by atoms with Crippen LogP contribution in [-0.2, 0) is 74.9 Å². The third-order valence-corrected chi connectivity index (χ3v) is 20.3. The number of hydrogen-bond acceptors (Lipinski definition) is 18. The van der Waals surface area contributed by atoms with Crippen LogP contribution in [0.5, 0.6) is 0 Å². The predicted molar refractivity (Wildman–Crippen MR) is 425 cm³/mol. The fraction of sp³-hybridized carbons (Fsp3) is 0.877. The van der Waals surface area contributed by atoms with E-state index in [1.165, 1.54) is 70.6 Å². The zero-order valence-electron chi connectivity index (χ0n) is 67.7. The van der Waals surface area contributed by atoms with Crippen molar-refractivity contribution in [3.05, 3.63) is 24.3 Å². The zero-order valence-corrected chi connectivity index (χ0v) is 69.5. The van der Waals surface area contributed by atoms with Crippen LogP contribution in [0.2, 0.25) is 0 Å². The topological polar surface area (TPSA) is 339 Å². The summed E-state index contributed by atoms with van der Waals surface area (Å²) in [5.74, 6) is -3.29. The summed E-state index contributed by atoms with van der Waals surface area (Å²) in [7, 11) is -9.63. The van der Waals surface area contributed by atoms with Crippen molar-refractivity contribution >= 4 is 51.2 Å². The van der Waals surface area contributed by atoms with Crippen molar-refractivity contribution < 1.29 is 94.9 Å². The molecule has 0 radical (unpaired) electrons. The molecule has 0 fully saturated rings. The minimum absolute atomic E-state index is 0.143. The van der Waals surface area contributed by atoms with Crippen molar-refractivity contribution in [2.75, 3.05) is 65.9 Å². The Kier molecular flexibility index (Phi) is 71.3. The first-order valence-corrected chi connectivity index (χ1v) is 45.3. The number of ether oxygens (including phenoxy) is 4. The van der Waals surface area contributed by atoms with Crippen LogP contribution < -0.4 is 21.3 Å². The number of unbranched alkanes of at least 4 members (excludes halogenated alkanes) is 30. The average molecular weight is 1570 g/mol. The molecule has 26 heteroatoms. The van der Waals surface area contributed by atoms with Crippen LogP contribution in [0.3, 0.4) is 0 Å². The number of aliphatic hydroxyl groups is 2. The minimum Gasteiger partial charge on any atom is -0.462 e. The van der Waals surface area contributed by atoms with Crippen LogP contribution in [0.15, 0.2) is 24.3 Å². The van der Waals surface area contributed by atoms with E-state index in [0.29, 0.717) is 51.4 Å². The third-order valence-electron chi connectivity index (χ3n) is 18.4. The maximum Gasteiger partial charge on any atom is 0.472 e. The van der Waals surface area contributed by atoms with Gasteiger partial charge in [0.05, 0.1) is 76.8 Å². The molecular weight excluding hydrogens is 1410 g/mol. The van der Waals surface area contributed by atoms with Gasteiger partial charge in [0.25, 0.3) is 0 Å². The van der Waals surface area contributed by atoms with Gasteiger partial charge < -0.3 is 60.2 Å². The molecule has 4 amide bonds. The molecule has 107 heavy (non-hydrogen) atoms. The number of hydrogen-bond donors (Lipinski definition) is 8. The van der Waals surface area contributed by atoms with E-state index in [0.717, 1.165) is 161 Å². The molecule has 0 aliphatic heterocycles. The number of phosphoric acid groups is 2. The fourth-order valence-corrected chi connectivity index (χ4v) is 13.5. The molecule has 0 aliphatic carbocycles. The molecule has 0 heterocycles. The molecular formula is C81H154N4O20P2. The van der Waals surface area contributed by atoms with E-state index >= 15 is 0 Å². The largest absolute Gasteiger partial charge is 0.472 e. The number of aliphatic hydroxyl groups excluding tert-OH is 2. The standard InChI is InChI=1S/C81H154N4O20P2/c1-7-13-19-25-28-31-34-40-46-52-75(105-81(93)54-48-42-36-33-30-27-21-15-9-3)64-79(91)85-71(67-99-60-56-73(87)50-44-38-23-17-11-5)69-103-107(96,97)101-62-58-83-77(89)65-76(88)82-57-61-100-106(94,95)102-68-70(66-98-59-55-72(86)49-43-37-22-16-10-4)84-78(90)63-74(51-45-39-24-18-12-6)104-80(92)53-47-41-35-32-29-26-20-14-8-2/h32-33,35-36,70-75,86-87H,7-31,34,37-69H2,1-6H3,(H,82,88)(H,83,89)(H,84,90)(H,85,91)(H,94,95)(H,96,97)/b35-32+,36-33+/t70?,71?,72-,73-,74-,75-/m1/s1. The number of amides is 4. The van der Waals surface area contributed by atoms with Crippen molar-refractivity contribution in [2.24, 2.45) is 0 Å². The highest BCUT2D eigenvalue weighted by Gasteiger charge is 2.29. The maximum atomic E-state index is 13.8. The molecule has 0 aromatic heterocycles. The van der Waals surface area contributed by atoms with Crippen LogP contribution >= 0.6 is 15.6 Å². The highest BCUT2D eigenvalue weighted by Crippen LogP contribution is 2.44. The van der Waals surface area contributed by atoms with Crippen LogP contribution in [0.25, 0.3) is 0 Å². The van der Waals surface area contributed by atoms with E-state index < -0.39 is 109 Å². The monoisotopic (exact) mass is 1570 g/mol. The van der Waals surface area contributed by atoms with Crippen LogP contribution in [0.1, 0.15) is 356 Å². The van der Waals surface area contributed by atoms with Crippen LogP contribution in [0.4, 0.5) is 0 Å². The first-order valence-electron chi connectivity index (χ1n) is 42.3. The number of nitrogens with one attached hydrogen (secondary N) is 4. The molecule has 24 nitrogen and oxygen atoms in total. The molecule has 0 saturated carbocycles. The van der Waals surface area contributed by atoms with Gasteiger partial charge in [-0.15, -0.1) is 0 Å². The lowest BCUT2D eigenvalue weighted by atomic mass is 10.0. The molecule has 0 spiro atoms. The summed E-state index contributed by atoms with van der Waals surface area (Å²) < 4.78 is 70.8. The van der Waals surface area contributed by atoms with Gasteiger partial charge in [-0.05, 0) is 103 Å². The van der Waals surface area contributed by atoms with Crippen molar-refractivity contribution in [1.29, 1.82) is 0 Å². The maximum absolute atomic E-state index is 13.8. The van der Waals surface area contributed by atoms with Crippen molar-refractivity contribution in [2.45, 2.75) is 393 Å². The van der Waals surface area contributed by atoms with Gasteiger partial charge in [-0.25, -0.2) is 9.13 Å². The Morgan fingerprint density at radius 2 is 0.645 bits per heavy atom. The zero-order chi connectivity index (χ0) is 79.0. The fourth-order valence-electron chi connectivity index (χ4n) is 11.9. The number of allylic oxidation sites excluding steroid dienone is 4. The highest BCUT2D eigenvalue weighted by atomic mass is 31.2. The summed E-state index contributed by atoms with van der Waals surface area (Å²) in [6, 6.07) is -1.92. The van der Waals surface area contributed by atoms with Gasteiger partial charge >= 0.3 is 27.6 Å². The molecule has 0 bridgehead atoms. The first-order chi connectivity index (χ1) is 51.7. The van der Waals surface area contributed by atoms with E-state index in [4.69, 9.17) is 37.0 Å². The Morgan fingerprint density at radius 1 is 0.346 bits per heavy atom. The Balaban J connectivity index is 5.70.